The molecule has 7 heteroatoms. The zero-order valence-electron chi connectivity index (χ0n) is 13.9. The van der Waals surface area contributed by atoms with Gasteiger partial charge in [-0.1, -0.05) is 48.5 Å². The molecule has 1 atom stereocenters. The molecule has 1 heterocycles. The molecule has 0 saturated heterocycles. The number of pyridine rings is 1. The third-order valence-electron chi connectivity index (χ3n) is 4.06. The van der Waals surface area contributed by atoms with E-state index in [4.69, 9.17) is 0 Å². The third kappa shape index (κ3) is 4.25. The Bertz CT molecular complexity index is 1010. The summed E-state index contributed by atoms with van der Waals surface area (Å²) in [6.45, 7) is 0. The molecule has 134 valence electrons. The maximum atomic E-state index is 12.7. The number of benzene rings is 2. The molecule has 1 N–H and O–H groups in total. The van der Waals surface area contributed by atoms with E-state index in [-0.39, 0.29) is 17.9 Å². The van der Waals surface area contributed by atoms with Crippen LogP contribution in [-0.2, 0) is 20.4 Å². The van der Waals surface area contributed by atoms with Crippen LogP contribution in [0.2, 0.25) is 0 Å². The van der Waals surface area contributed by atoms with Gasteiger partial charge in [0.15, 0.2) is 9.84 Å². The Hall–Kier alpha value is -2.77. The molecular weight excluding hydrogens is 352 g/mol. The van der Waals surface area contributed by atoms with Gasteiger partial charge in [-0.25, -0.2) is 13.5 Å². The Morgan fingerprint density at radius 1 is 1.08 bits per heavy atom. The van der Waals surface area contributed by atoms with Crippen LogP contribution in [0.4, 0.5) is 0 Å². The number of nitrogens with zero attached hydrogens (tertiary/aromatic N) is 2. The van der Waals surface area contributed by atoms with Crippen LogP contribution in [0.15, 0.2) is 66.9 Å². The van der Waals surface area contributed by atoms with Crippen molar-refractivity contribution in [3.63, 3.8) is 0 Å². The largest absolute Gasteiger partial charge is 0.285 e. The molecule has 6 nitrogen and oxygen atoms in total. The minimum Gasteiger partial charge on any atom is -0.285 e. The van der Waals surface area contributed by atoms with Crippen molar-refractivity contribution in [1.29, 1.82) is 0 Å². The lowest BCUT2D eigenvalue weighted by molar-refractivity contribution is -0.158. The van der Waals surface area contributed by atoms with Gasteiger partial charge in [0.1, 0.15) is 0 Å². The highest BCUT2D eigenvalue weighted by molar-refractivity contribution is 7.90. The van der Waals surface area contributed by atoms with Crippen LogP contribution in [0.3, 0.4) is 0 Å². The van der Waals surface area contributed by atoms with Crippen LogP contribution in [0, 0.1) is 0 Å². The highest BCUT2D eigenvalue weighted by Gasteiger charge is 2.25. The smallest absolute Gasteiger partial charge is 0.233 e. The molecule has 1 amide bonds. The van der Waals surface area contributed by atoms with Gasteiger partial charge in [0, 0.05) is 11.6 Å². The van der Waals surface area contributed by atoms with Crippen LogP contribution in [0.25, 0.3) is 10.9 Å². The molecule has 2 aromatic carbocycles. The number of carbonyl (C=O) groups is 1. The van der Waals surface area contributed by atoms with Gasteiger partial charge in [0.25, 0.3) is 0 Å². The van der Waals surface area contributed by atoms with Crippen molar-refractivity contribution in [2.75, 3.05) is 5.75 Å². The van der Waals surface area contributed by atoms with Crippen LogP contribution in [0.5, 0.6) is 0 Å². The second-order valence-corrected chi connectivity index (χ2v) is 8.11. The van der Waals surface area contributed by atoms with Crippen molar-refractivity contribution in [2.45, 2.75) is 11.8 Å². The lowest BCUT2D eigenvalue weighted by Crippen LogP contribution is -2.30. The molecule has 3 aromatic rings. The van der Waals surface area contributed by atoms with E-state index in [0.29, 0.717) is 16.2 Å². The lowest BCUT2D eigenvalue weighted by atomic mass is 10.1. The topological polar surface area (TPSA) is 87.6 Å². The number of carbonyl (C=O) groups excluding carboxylic acids is 1. The minimum absolute atomic E-state index is 0.213. The monoisotopic (exact) mass is 370 g/mol. The van der Waals surface area contributed by atoms with E-state index < -0.39 is 15.9 Å². The summed E-state index contributed by atoms with van der Waals surface area (Å²) >= 11 is 0. The Labute approximate surface area is 151 Å². The lowest BCUT2D eigenvalue weighted by Gasteiger charge is -2.22. The summed E-state index contributed by atoms with van der Waals surface area (Å²) in [5.74, 6) is -0.611. The molecule has 0 spiro atoms. The van der Waals surface area contributed by atoms with Gasteiger partial charge in [-0.3, -0.25) is 15.0 Å². The van der Waals surface area contributed by atoms with Crippen LogP contribution >= 0.6 is 0 Å². The van der Waals surface area contributed by atoms with Gasteiger partial charge >= 0.3 is 0 Å². The van der Waals surface area contributed by atoms with Crippen LogP contribution in [0.1, 0.15) is 17.2 Å². The van der Waals surface area contributed by atoms with Gasteiger partial charge in [-0.05, 0) is 23.3 Å². The fourth-order valence-corrected chi connectivity index (χ4v) is 4.43. The van der Waals surface area contributed by atoms with Crippen LogP contribution in [-0.4, -0.2) is 35.8 Å². The van der Waals surface area contributed by atoms with Gasteiger partial charge in [0.2, 0.25) is 6.41 Å². The van der Waals surface area contributed by atoms with E-state index >= 15 is 0 Å². The average molecular weight is 370 g/mol. The number of sulfone groups is 1. The molecule has 0 unspecified atom stereocenters. The first-order valence-corrected chi connectivity index (χ1v) is 9.82. The maximum Gasteiger partial charge on any atom is 0.233 e. The molecule has 3 rings (SSSR count). The molecule has 0 aliphatic heterocycles. The van der Waals surface area contributed by atoms with Crippen molar-refractivity contribution in [2.24, 2.45) is 0 Å². The van der Waals surface area contributed by atoms with E-state index in [1.165, 1.54) is 6.20 Å². The quantitative estimate of drug-likeness (QED) is 0.392. The second kappa shape index (κ2) is 7.63. The summed E-state index contributed by atoms with van der Waals surface area (Å²) < 4.78 is 25.3. The minimum atomic E-state index is -3.61. The van der Waals surface area contributed by atoms with E-state index in [9.17, 15) is 18.4 Å². The normalized spacial score (nSPS) is 12.7. The van der Waals surface area contributed by atoms with E-state index in [1.807, 2.05) is 24.3 Å². The van der Waals surface area contributed by atoms with Crippen molar-refractivity contribution in [3.8, 4) is 0 Å². The second-order valence-electron chi connectivity index (χ2n) is 6.00. The van der Waals surface area contributed by atoms with E-state index in [0.717, 1.165) is 10.9 Å². The Morgan fingerprint density at radius 2 is 1.77 bits per heavy atom. The zero-order chi connectivity index (χ0) is 18.6. The first-order chi connectivity index (χ1) is 12.5. The first kappa shape index (κ1) is 18.0. The number of para-hydroxylation sites is 1. The summed E-state index contributed by atoms with van der Waals surface area (Å²) in [5, 5.41) is 11.1. The number of aromatic nitrogens is 1. The van der Waals surface area contributed by atoms with Gasteiger partial charge in [-0.15, -0.1) is 0 Å². The predicted molar refractivity (Wildman–Crippen MR) is 98.1 cm³/mol. The molecule has 26 heavy (non-hydrogen) atoms. The molecule has 0 radical (unpaired) electrons. The zero-order valence-corrected chi connectivity index (χ0v) is 14.7. The Kier molecular flexibility index (Phi) is 5.29. The molecule has 0 aliphatic rings. The van der Waals surface area contributed by atoms with Crippen LogP contribution < -0.4 is 0 Å². The number of amides is 1. The average Bonchev–Trinajstić information content (AvgIpc) is 2.66. The fraction of sp³-hybridized carbons (Fsp3) is 0.158. The van der Waals surface area contributed by atoms with Gasteiger partial charge in [0.05, 0.1) is 23.1 Å². The van der Waals surface area contributed by atoms with Crippen molar-refractivity contribution < 1.29 is 18.4 Å². The molecule has 1 aromatic heterocycles. The Morgan fingerprint density at radius 3 is 2.50 bits per heavy atom. The van der Waals surface area contributed by atoms with Gasteiger partial charge < -0.3 is 0 Å². The predicted octanol–water partition coefficient (Wildman–Crippen LogP) is 2.74. The molecular formula is C19H18N2O4S. The van der Waals surface area contributed by atoms with E-state index in [1.54, 1.807) is 36.4 Å². The molecule has 0 saturated carbocycles. The van der Waals surface area contributed by atoms with Gasteiger partial charge in [-0.2, -0.15) is 0 Å². The SMILES string of the molecule is O=CN(O)[C@H](CS(=O)(=O)Cc1cnc2ccccc2c1)c1ccccc1. The van der Waals surface area contributed by atoms with E-state index in [2.05, 4.69) is 4.98 Å². The number of rotatable bonds is 7. The number of hydroxylamine groups is 2. The standard InChI is InChI=1S/C19H18N2O4S/c22-14-21(23)19(16-6-2-1-3-7-16)13-26(24,25)12-15-10-17-8-4-5-9-18(17)20-11-15/h1-11,14,19,23H,12-13H2/t19-/m1/s1. The van der Waals surface area contributed by atoms with Crippen molar-refractivity contribution >= 4 is 27.2 Å². The molecule has 0 bridgehead atoms. The maximum absolute atomic E-state index is 12.7. The highest BCUT2D eigenvalue weighted by atomic mass is 32.2. The van der Waals surface area contributed by atoms with Crippen molar-refractivity contribution in [1.82, 2.24) is 10.0 Å². The highest BCUT2D eigenvalue weighted by Crippen LogP contribution is 2.22. The number of fused-ring (bicyclic) bond motifs is 1. The first-order valence-electron chi connectivity index (χ1n) is 8.00. The molecule has 0 aliphatic carbocycles. The summed E-state index contributed by atoms with van der Waals surface area (Å²) in [5.41, 5.74) is 1.90. The van der Waals surface area contributed by atoms with Crippen molar-refractivity contribution in [3.05, 3.63) is 78.0 Å². The fourth-order valence-electron chi connectivity index (χ4n) is 2.82. The summed E-state index contributed by atoms with van der Waals surface area (Å²) in [6.07, 6.45) is 1.75. The summed E-state index contributed by atoms with van der Waals surface area (Å²) in [7, 11) is -3.61. The molecule has 0 fully saturated rings. The Balaban J connectivity index is 1.84. The number of hydrogen-bond acceptors (Lipinski definition) is 5. The number of hydrogen-bond donors (Lipinski definition) is 1. The third-order valence-corrected chi connectivity index (χ3v) is 5.65. The summed E-state index contributed by atoms with van der Waals surface area (Å²) in [4.78, 5) is 15.3. The summed E-state index contributed by atoms with van der Waals surface area (Å²) in [6, 6.07) is 16.8.